The molecule has 0 radical (unpaired) electrons. The van der Waals surface area contributed by atoms with E-state index in [1.807, 2.05) is 30.3 Å². The number of aromatic nitrogens is 5. The number of fused-ring (bicyclic) bond motifs is 1. The molecule has 0 saturated carbocycles. The first kappa shape index (κ1) is 21.0. The normalized spacial score (nSPS) is 11.2. The molecule has 32 heavy (non-hydrogen) atoms. The summed E-state index contributed by atoms with van der Waals surface area (Å²) in [4.78, 5) is 14.9. The van der Waals surface area contributed by atoms with Crippen molar-refractivity contribution in [3.05, 3.63) is 60.2 Å². The first-order chi connectivity index (χ1) is 15.8. The fraction of sp³-hybridized carbons (Fsp3) is 0.136. The second-order valence-electron chi connectivity index (χ2n) is 6.68. The summed E-state index contributed by atoms with van der Waals surface area (Å²) in [6.45, 7) is 1.29. The highest BCUT2D eigenvalue weighted by atomic mass is 32.2. The van der Waals surface area contributed by atoms with Crippen LogP contribution in [0.4, 0.5) is 5.13 Å². The maximum atomic E-state index is 5.08. The van der Waals surface area contributed by atoms with E-state index in [1.165, 1.54) is 23.1 Å². The predicted octanol–water partition coefficient (Wildman–Crippen LogP) is 5.48. The number of hydrogen-bond acceptors (Lipinski definition) is 10. The minimum Gasteiger partial charge on any atom is -0.383 e. The van der Waals surface area contributed by atoms with E-state index in [-0.39, 0.29) is 0 Å². The fourth-order valence-corrected chi connectivity index (χ4v) is 5.95. The minimum atomic E-state index is 0.610. The molecular formula is C22H18N6OS3. The predicted molar refractivity (Wildman–Crippen MR) is 130 cm³/mol. The van der Waals surface area contributed by atoms with Crippen LogP contribution in [0.3, 0.4) is 0 Å². The molecule has 0 aliphatic heterocycles. The number of ether oxygens (including phenoxy) is 1. The maximum Gasteiger partial charge on any atom is 0.206 e. The molecule has 0 unspecified atom stereocenters. The Kier molecular flexibility index (Phi) is 6.35. The molecule has 1 aromatic carbocycles. The van der Waals surface area contributed by atoms with Crippen LogP contribution in [0, 0.1) is 0 Å². The van der Waals surface area contributed by atoms with Crippen LogP contribution >= 0.6 is 34.4 Å². The van der Waals surface area contributed by atoms with Crippen molar-refractivity contribution in [2.75, 3.05) is 25.6 Å². The van der Waals surface area contributed by atoms with E-state index >= 15 is 0 Å². The van der Waals surface area contributed by atoms with Crippen LogP contribution in [0.2, 0.25) is 0 Å². The van der Waals surface area contributed by atoms with Gasteiger partial charge in [0.1, 0.15) is 9.86 Å². The monoisotopic (exact) mass is 478 g/mol. The van der Waals surface area contributed by atoms with E-state index in [4.69, 9.17) is 14.7 Å². The molecule has 160 valence electrons. The molecule has 0 spiro atoms. The van der Waals surface area contributed by atoms with Crippen molar-refractivity contribution < 1.29 is 4.74 Å². The standard InChI is InChI=1S/C22H18N6OS3/c1-29-11-10-24-21-27-28-22(32-21)31-20-17-16(14-6-3-2-4-7-14)13-30-19(17)25-18(26-20)15-8-5-9-23-12-15/h2-9,12-13H,10-11H2,1H3,(H,24,27). The summed E-state index contributed by atoms with van der Waals surface area (Å²) in [6, 6.07) is 14.2. The molecular weight excluding hydrogens is 460 g/mol. The molecule has 0 atom stereocenters. The topological polar surface area (TPSA) is 85.7 Å². The van der Waals surface area contributed by atoms with Gasteiger partial charge in [0.2, 0.25) is 5.13 Å². The van der Waals surface area contributed by atoms with Crippen molar-refractivity contribution in [3.8, 4) is 22.5 Å². The van der Waals surface area contributed by atoms with Crippen molar-refractivity contribution in [1.29, 1.82) is 0 Å². The van der Waals surface area contributed by atoms with Crippen LogP contribution in [0.25, 0.3) is 32.7 Å². The maximum absolute atomic E-state index is 5.08. The number of methoxy groups -OCH3 is 1. The summed E-state index contributed by atoms with van der Waals surface area (Å²) >= 11 is 4.62. The van der Waals surface area contributed by atoms with Gasteiger partial charge < -0.3 is 10.1 Å². The Balaban J connectivity index is 1.57. The lowest BCUT2D eigenvalue weighted by Crippen LogP contribution is -2.06. The van der Waals surface area contributed by atoms with E-state index in [0.717, 1.165) is 41.4 Å². The van der Waals surface area contributed by atoms with Crippen molar-refractivity contribution in [2.45, 2.75) is 9.37 Å². The molecule has 7 nitrogen and oxygen atoms in total. The number of nitrogens with one attached hydrogen (secondary N) is 1. The van der Waals surface area contributed by atoms with Gasteiger partial charge in [-0.25, -0.2) is 9.97 Å². The van der Waals surface area contributed by atoms with E-state index in [1.54, 1.807) is 30.8 Å². The third-order valence-corrected chi connectivity index (χ3v) is 7.37. The van der Waals surface area contributed by atoms with Gasteiger partial charge in [0.05, 0.1) is 12.0 Å². The Labute approximate surface area is 197 Å². The Hall–Kier alpha value is -2.92. The number of benzene rings is 1. The SMILES string of the molecule is COCCNc1nnc(Sc2nc(-c3cccnc3)nc3scc(-c4ccccc4)c23)s1. The first-order valence-electron chi connectivity index (χ1n) is 9.81. The van der Waals surface area contributed by atoms with Crippen molar-refractivity contribution in [2.24, 2.45) is 0 Å². The average molecular weight is 479 g/mol. The second kappa shape index (κ2) is 9.70. The van der Waals surface area contributed by atoms with Crippen LogP contribution in [0.15, 0.2) is 69.6 Å². The summed E-state index contributed by atoms with van der Waals surface area (Å²) < 4.78 is 5.90. The lowest BCUT2D eigenvalue weighted by atomic mass is 10.1. The van der Waals surface area contributed by atoms with Crippen molar-refractivity contribution in [1.82, 2.24) is 25.1 Å². The number of rotatable bonds is 8. The fourth-order valence-electron chi connectivity index (χ4n) is 3.10. The van der Waals surface area contributed by atoms with Gasteiger partial charge in [0, 0.05) is 42.6 Å². The molecule has 5 aromatic rings. The van der Waals surface area contributed by atoms with Gasteiger partial charge in [-0.1, -0.05) is 41.7 Å². The summed E-state index contributed by atoms with van der Waals surface area (Å²) in [6.07, 6.45) is 3.53. The van der Waals surface area contributed by atoms with Crippen molar-refractivity contribution in [3.63, 3.8) is 0 Å². The van der Waals surface area contributed by atoms with Gasteiger partial charge in [-0.15, -0.1) is 21.5 Å². The van der Waals surface area contributed by atoms with Gasteiger partial charge >= 0.3 is 0 Å². The van der Waals surface area contributed by atoms with Crippen LogP contribution in [-0.2, 0) is 4.74 Å². The number of pyridine rings is 1. The van der Waals surface area contributed by atoms with Gasteiger partial charge in [-0.3, -0.25) is 4.98 Å². The number of anilines is 1. The average Bonchev–Trinajstić information content (AvgIpc) is 3.47. The zero-order chi connectivity index (χ0) is 21.8. The van der Waals surface area contributed by atoms with E-state index in [2.05, 4.69) is 38.0 Å². The number of thiophene rings is 1. The Bertz CT molecular complexity index is 1320. The quantitative estimate of drug-likeness (QED) is 0.232. The zero-order valence-electron chi connectivity index (χ0n) is 17.1. The summed E-state index contributed by atoms with van der Waals surface area (Å²) in [5.41, 5.74) is 3.14. The molecule has 0 aliphatic carbocycles. The zero-order valence-corrected chi connectivity index (χ0v) is 19.5. The molecule has 0 aliphatic rings. The van der Waals surface area contributed by atoms with E-state index < -0.39 is 0 Å². The van der Waals surface area contributed by atoms with E-state index in [0.29, 0.717) is 19.0 Å². The highest BCUT2D eigenvalue weighted by Crippen LogP contribution is 2.42. The summed E-state index contributed by atoms with van der Waals surface area (Å²) in [5.74, 6) is 0.650. The molecule has 0 saturated heterocycles. The molecule has 1 N–H and O–H groups in total. The minimum absolute atomic E-state index is 0.610. The summed E-state index contributed by atoms with van der Waals surface area (Å²) in [7, 11) is 1.68. The highest BCUT2D eigenvalue weighted by Gasteiger charge is 2.19. The van der Waals surface area contributed by atoms with Gasteiger partial charge in [0.25, 0.3) is 0 Å². The van der Waals surface area contributed by atoms with Gasteiger partial charge in [0.15, 0.2) is 10.2 Å². The third kappa shape index (κ3) is 4.49. The van der Waals surface area contributed by atoms with Gasteiger partial charge in [-0.05, 0) is 29.5 Å². The third-order valence-electron chi connectivity index (χ3n) is 4.58. The molecule has 4 heterocycles. The first-order valence-corrected chi connectivity index (χ1v) is 12.3. The number of hydrogen-bond donors (Lipinski definition) is 1. The molecule has 0 amide bonds. The lowest BCUT2D eigenvalue weighted by molar-refractivity contribution is 0.211. The van der Waals surface area contributed by atoms with Crippen LogP contribution in [0.1, 0.15) is 0 Å². The molecule has 5 rings (SSSR count). The van der Waals surface area contributed by atoms with Crippen molar-refractivity contribution >= 4 is 49.8 Å². The Morgan fingerprint density at radius 1 is 1.03 bits per heavy atom. The number of nitrogens with zero attached hydrogens (tertiary/aromatic N) is 5. The van der Waals surface area contributed by atoms with Gasteiger partial charge in [-0.2, -0.15) is 0 Å². The highest BCUT2D eigenvalue weighted by molar-refractivity contribution is 8.01. The molecule has 0 fully saturated rings. The Morgan fingerprint density at radius 3 is 2.72 bits per heavy atom. The Morgan fingerprint density at radius 2 is 1.91 bits per heavy atom. The van der Waals surface area contributed by atoms with Crippen LogP contribution in [-0.4, -0.2) is 45.4 Å². The molecule has 0 bridgehead atoms. The largest absolute Gasteiger partial charge is 0.383 e. The molecule has 4 aromatic heterocycles. The van der Waals surface area contributed by atoms with Crippen LogP contribution in [0.5, 0.6) is 0 Å². The van der Waals surface area contributed by atoms with E-state index in [9.17, 15) is 0 Å². The molecule has 10 heteroatoms. The lowest BCUT2D eigenvalue weighted by Gasteiger charge is -2.07. The second-order valence-corrected chi connectivity index (χ2v) is 9.76. The smallest absolute Gasteiger partial charge is 0.206 e. The van der Waals surface area contributed by atoms with Crippen LogP contribution < -0.4 is 5.32 Å². The summed E-state index contributed by atoms with van der Waals surface area (Å²) in [5, 5.41) is 16.6.